The van der Waals surface area contributed by atoms with Gasteiger partial charge in [-0.2, -0.15) is 0 Å². The van der Waals surface area contributed by atoms with E-state index in [-0.39, 0.29) is 0 Å². The fraction of sp³-hybridized carbons (Fsp3) is 0.706. The van der Waals surface area contributed by atoms with Crippen LogP contribution in [-0.2, 0) is 6.54 Å². The van der Waals surface area contributed by atoms with Gasteiger partial charge in [-0.25, -0.2) is 0 Å². The van der Waals surface area contributed by atoms with Crippen LogP contribution in [0.2, 0.25) is 0 Å². The van der Waals surface area contributed by atoms with E-state index >= 15 is 0 Å². The lowest BCUT2D eigenvalue weighted by molar-refractivity contribution is 0.167. The fourth-order valence-corrected chi connectivity index (χ4v) is 3.20. The molecular formula is C17H29N3. The maximum absolute atomic E-state index is 5.71. The van der Waals surface area contributed by atoms with E-state index in [4.69, 9.17) is 5.73 Å². The summed E-state index contributed by atoms with van der Waals surface area (Å²) in [4.78, 5) is 7.29. The second kappa shape index (κ2) is 8.38. The zero-order valence-electron chi connectivity index (χ0n) is 12.9. The minimum absolute atomic E-state index is 0.728. The Morgan fingerprint density at radius 2 is 1.95 bits per heavy atom. The van der Waals surface area contributed by atoms with Crippen LogP contribution in [0.3, 0.4) is 0 Å². The van der Waals surface area contributed by atoms with Crippen molar-refractivity contribution in [1.29, 1.82) is 0 Å². The highest BCUT2D eigenvalue weighted by atomic mass is 15.2. The molecule has 0 atom stereocenters. The number of nitrogens with two attached hydrogens (primary N) is 1. The zero-order chi connectivity index (χ0) is 14.2. The predicted octanol–water partition coefficient (Wildman–Crippen LogP) is 3.26. The van der Waals surface area contributed by atoms with Crippen LogP contribution in [0.1, 0.15) is 56.3 Å². The zero-order valence-corrected chi connectivity index (χ0v) is 12.9. The summed E-state index contributed by atoms with van der Waals surface area (Å²) in [5.74, 6) is 0. The number of rotatable bonds is 6. The summed E-state index contributed by atoms with van der Waals surface area (Å²) in [5.41, 5.74) is 8.03. The van der Waals surface area contributed by atoms with Gasteiger partial charge < -0.3 is 5.73 Å². The van der Waals surface area contributed by atoms with Crippen LogP contribution in [0.4, 0.5) is 0 Å². The van der Waals surface area contributed by atoms with Gasteiger partial charge in [0, 0.05) is 24.8 Å². The van der Waals surface area contributed by atoms with Gasteiger partial charge in [0.05, 0.1) is 5.69 Å². The monoisotopic (exact) mass is 275 g/mol. The molecule has 0 amide bonds. The lowest BCUT2D eigenvalue weighted by atomic mass is 10.1. The van der Waals surface area contributed by atoms with Crippen LogP contribution in [-0.4, -0.2) is 29.0 Å². The SMILES string of the molecule is Cc1cccc(CN(CCCN)C2CCCCCC2)n1. The molecule has 3 heteroatoms. The summed E-state index contributed by atoms with van der Waals surface area (Å²) in [7, 11) is 0. The summed E-state index contributed by atoms with van der Waals surface area (Å²) in [5, 5.41) is 0. The van der Waals surface area contributed by atoms with E-state index in [0.29, 0.717) is 0 Å². The quantitative estimate of drug-likeness (QED) is 0.810. The van der Waals surface area contributed by atoms with Crippen LogP contribution in [0.15, 0.2) is 18.2 Å². The second-order valence-electron chi connectivity index (χ2n) is 6.03. The van der Waals surface area contributed by atoms with Crippen LogP contribution in [0.5, 0.6) is 0 Å². The topological polar surface area (TPSA) is 42.1 Å². The molecule has 112 valence electrons. The molecule has 1 aliphatic rings. The first kappa shape index (κ1) is 15.5. The van der Waals surface area contributed by atoms with Crippen LogP contribution in [0.25, 0.3) is 0 Å². The maximum Gasteiger partial charge on any atom is 0.0547 e. The molecule has 1 saturated carbocycles. The largest absolute Gasteiger partial charge is 0.330 e. The lowest BCUT2D eigenvalue weighted by Crippen LogP contribution is -2.36. The number of aryl methyl sites for hydroxylation is 1. The summed E-state index contributed by atoms with van der Waals surface area (Å²) in [6.07, 6.45) is 9.35. The smallest absolute Gasteiger partial charge is 0.0547 e. The van der Waals surface area contributed by atoms with E-state index in [1.54, 1.807) is 0 Å². The molecule has 0 saturated heterocycles. The Labute approximate surface area is 123 Å². The molecule has 1 aliphatic carbocycles. The predicted molar refractivity (Wildman–Crippen MR) is 84.5 cm³/mol. The summed E-state index contributed by atoms with van der Waals surface area (Å²) >= 11 is 0. The Kier molecular flexibility index (Phi) is 6.48. The van der Waals surface area contributed by atoms with Crippen molar-refractivity contribution in [2.75, 3.05) is 13.1 Å². The molecule has 1 aromatic heterocycles. The van der Waals surface area contributed by atoms with E-state index in [1.165, 1.54) is 44.2 Å². The van der Waals surface area contributed by atoms with Crippen molar-refractivity contribution >= 4 is 0 Å². The van der Waals surface area contributed by atoms with Crippen molar-refractivity contribution in [2.24, 2.45) is 5.73 Å². The van der Waals surface area contributed by atoms with Gasteiger partial charge in [-0.15, -0.1) is 0 Å². The number of pyridine rings is 1. The molecule has 1 aromatic rings. The first-order valence-corrected chi connectivity index (χ1v) is 8.16. The number of nitrogens with zero attached hydrogens (tertiary/aromatic N) is 2. The molecule has 0 aromatic carbocycles. The van der Waals surface area contributed by atoms with Crippen molar-refractivity contribution in [2.45, 2.75) is 64.5 Å². The molecule has 20 heavy (non-hydrogen) atoms. The van der Waals surface area contributed by atoms with Gasteiger partial charge in [-0.1, -0.05) is 31.7 Å². The molecule has 3 nitrogen and oxygen atoms in total. The van der Waals surface area contributed by atoms with E-state index in [9.17, 15) is 0 Å². The number of hydrogen-bond donors (Lipinski definition) is 1. The minimum Gasteiger partial charge on any atom is -0.330 e. The normalized spacial score (nSPS) is 17.4. The van der Waals surface area contributed by atoms with Gasteiger partial charge >= 0.3 is 0 Å². The second-order valence-corrected chi connectivity index (χ2v) is 6.03. The Bertz CT molecular complexity index is 384. The molecule has 2 rings (SSSR count). The van der Waals surface area contributed by atoms with E-state index in [2.05, 4.69) is 35.0 Å². The summed E-state index contributed by atoms with van der Waals surface area (Å²) < 4.78 is 0. The third-order valence-electron chi connectivity index (χ3n) is 4.30. The Hall–Kier alpha value is -0.930. The molecule has 1 heterocycles. The first-order valence-electron chi connectivity index (χ1n) is 8.16. The highest BCUT2D eigenvalue weighted by Gasteiger charge is 2.20. The standard InChI is InChI=1S/C17H29N3/c1-15-8-6-9-16(19-15)14-20(13-7-12-18)17-10-4-2-3-5-11-17/h6,8-9,17H,2-5,7,10-14,18H2,1H3. The van der Waals surface area contributed by atoms with Gasteiger partial charge in [0.15, 0.2) is 0 Å². The van der Waals surface area contributed by atoms with Crippen molar-refractivity contribution in [3.8, 4) is 0 Å². The van der Waals surface area contributed by atoms with Gasteiger partial charge in [-0.3, -0.25) is 9.88 Å². The average molecular weight is 275 g/mol. The minimum atomic E-state index is 0.728. The Morgan fingerprint density at radius 3 is 2.60 bits per heavy atom. The Morgan fingerprint density at radius 1 is 1.20 bits per heavy atom. The molecular weight excluding hydrogens is 246 g/mol. The van der Waals surface area contributed by atoms with Gasteiger partial charge in [-0.05, 0) is 44.9 Å². The highest BCUT2D eigenvalue weighted by molar-refractivity contribution is 5.10. The third kappa shape index (κ3) is 4.88. The van der Waals surface area contributed by atoms with Gasteiger partial charge in [0.2, 0.25) is 0 Å². The van der Waals surface area contributed by atoms with Crippen LogP contribution < -0.4 is 5.73 Å². The fourth-order valence-electron chi connectivity index (χ4n) is 3.20. The maximum atomic E-state index is 5.71. The third-order valence-corrected chi connectivity index (χ3v) is 4.30. The first-order chi connectivity index (χ1) is 9.79. The van der Waals surface area contributed by atoms with E-state index in [0.717, 1.165) is 37.8 Å². The summed E-state index contributed by atoms with van der Waals surface area (Å²) in [6.45, 7) is 4.94. The highest BCUT2D eigenvalue weighted by Crippen LogP contribution is 2.23. The summed E-state index contributed by atoms with van der Waals surface area (Å²) in [6, 6.07) is 7.07. The molecule has 0 aliphatic heterocycles. The van der Waals surface area contributed by atoms with Gasteiger partial charge in [0.1, 0.15) is 0 Å². The van der Waals surface area contributed by atoms with Crippen LogP contribution >= 0.6 is 0 Å². The number of hydrogen-bond acceptors (Lipinski definition) is 3. The Balaban J connectivity index is 2.01. The number of aromatic nitrogens is 1. The van der Waals surface area contributed by atoms with Crippen LogP contribution in [0, 0.1) is 6.92 Å². The van der Waals surface area contributed by atoms with Crippen molar-refractivity contribution < 1.29 is 0 Å². The van der Waals surface area contributed by atoms with Gasteiger partial charge in [0.25, 0.3) is 0 Å². The molecule has 0 spiro atoms. The lowest BCUT2D eigenvalue weighted by Gasteiger charge is -2.31. The van der Waals surface area contributed by atoms with Crippen molar-refractivity contribution in [3.05, 3.63) is 29.6 Å². The molecule has 1 fully saturated rings. The average Bonchev–Trinajstić information content (AvgIpc) is 2.72. The van der Waals surface area contributed by atoms with Crippen molar-refractivity contribution in [3.63, 3.8) is 0 Å². The van der Waals surface area contributed by atoms with E-state index in [1.807, 2.05) is 0 Å². The molecule has 0 unspecified atom stereocenters. The molecule has 0 bridgehead atoms. The van der Waals surface area contributed by atoms with Crippen molar-refractivity contribution in [1.82, 2.24) is 9.88 Å². The molecule has 0 radical (unpaired) electrons. The van der Waals surface area contributed by atoms with E-state index < -0.39 is 0 Å². The molecule has 2 N–H and O–H groups in total.